The lowest BCUT2D eigenvalue weighted by Crippen LogP contribution is -1.97. The van der Waals surface area contributed by atoms with E-state index in [-0.39, 0.29) is 0 Å². The van der Waals surface area contributed by atoms with Crippen LogP contribution in [0.5, 0.6) is 5.75 Å². The molecule has 0 aliphatic heterocycles. The van der Waals surface area contributed by atoms with Crippen molar-refractivity contribution < 1.29 is 9.53 Å². The molecule has 0 aliphatic rings. The fourth-order valence-corrected chi connectivity index (χ4v) is 1.67. The maximum atomic E-state index is 10.8. The van der Waals surface area contributed by atoms with E-state index >= 15 is 0 Å². The molecular formula is C14H14N2O2. The highest BCUT2D eigenvalue weighted by atomic mass is 16.5. The van der Waals surface area contributed by atoms with Gasteiger partial charge in [-0.2, -0.15) is 0 Å². The molecule has 0 amide bonds. The van der Waals surface area contributed by atoms with Crippen LogP contribution in [0.3, 0.4) is 0 Å². The van der Waals surface area contributed by atoms with Gasteiger partial charge in [0, 0.05) is 11.3 Å². The van der Waals surface area contributed by atoms with Crippen molar-refractivity contribution in [3.05, 3.63) is 41.7 Å². The summed E-state index contributed by atoms with van der Waals surface area (Å²) in [7, 11) is 0. The number of aromatic nitrogens is 2. The Bertz CT molecular complexity index is 567. The van der Waals surface area contributed by atoms with Gasteiger partial charge in [0.1, 0.15) is 11.4 Å². The zero-order valence-electron chi connectivity index (χ0n) is 10.4. The molecule has 0 bridgehead atoms. The van der Waals surface area contributed by atoms with Gasteiger partial charge in [0.2, 0.25) is 0 Å². The summed E-state index contributed by atoms with van der Waals surface area (Å²) in [4.78, 5) is 19.3. The minimum absolute atomic E-state index is 0.388. The van der Waals surface area contributed by atoms with Gasteiger partial charge in [-0.1, -0.05) is 12.1 Å². The van der Waals surface area contributed by atoms with Gasteiger partial charge in [0.15, 0.2) is 12.1 Å². The summed E-state index contributed by atoms with van der Waals surface area (Å²) in [5.41, 5.74) is 2.00. The Balaban J connectivity index is 2.44. The summed E-state index contributed by atoms with van der Waals surface area (Å²) in [5.74, 6) is 1.31. The number of carbonyl (C=O) groups is 1. The van der Waals surface area contributed by atoms with Gasteiger partial charge in [-0.3, -0.25) is 4.79 Å². The zero-order valence-corrected chi connectivity index (χ0v) is 10.4. The van der Waals surface area contributed by atoms with Gasteiger partial charge in [-0.05, 0) is 32.0 Å². The quantitative estimate of drug-likeness (QED) is 0.773. The van der Waals surface area contributed by atoms with Gasteiger partial charge in [0.05, 0.1) is 6.61 Å². The highest BCUT2D eigenvalue weighted by Gasteiger charge is 2.05. The number of benzene rings is 1. The van der Waals surface area contributed by atoms with Crippen molar-refractivity contribution in [2.45, 2.75) is 13.8 Å². The normalized spacial score (nSPS) is 10.1. The predicted molar refractivity (Wildman–Crippen MR) is 68.8 cm³/mol. The third-order valence-corrected chi connectivity index (χ3v) is 2.40. The second-order valence-corrected chi connectivity index (χ2v) is 3.84. The molecule has 0 radical (unpaired) electrons. The lowest BCUT2D eigenvalue weighted by atomic mass is 10.2. The largest absolute Gasteiger partial charge is 0.494 e. The van der Waals surface area contributed by atoms with Crippen molar-refractivity contribution in [3.8, 4) is 17.1 Å². The van der Waals surface area contributed by atoms with Crippen molar-refractivity contribution in [1.82, 2.24) is 9.97 Å². The Hall–Kier alpha value is -2.23. The molecule has 0 atom stereocenters. The first-order valence-electron chi connectivity index (χ1n) is 5.77. The lowest BCUT2D eigenvalue weighted by Gasteiger charge is -2.06. The Labute approximate surface area is 106 Å². The molecule has 18 heavy (non-hydrogen) atoms. The number of aryl methyl sites for hydroxylation is 1. The first-order valence-corrected chi connectivity index (χ1v) is 5.77. The van der Waals surface area contributed by atoms with Crippen LogP contribution in [-0.4, -0.2) is 22.9 Å². The average molecular weight is 242 g/mol. The van der Waals surface area contributed by atoms with Crippen LogP contribution in [0.1, 0.15) is 23.1 Å². The number of ether oxygens (including phenoxy) is 1. The van der Waals surface area contributed by atoms with Crippen LogP contribution in [0.2, 0.25) is 0 Å². The van der Waals surface area contributed by atoms with Gasteiger partial charge in [0.25, 0.3) is 0 Å². The third kappa shape index (κ3) is 2.71. The lowest BCUT2D eigenvalue weighted by molar-refractivity contribution is 0.111. The number of rotatable bonds is 4. The molecule has 4 nitrogen and oxygen atoms in total. The molecule has 0 N–H and O–H groups in total. The van der Waals surface area contributed by atoms with Crippen LogP contribution in [0.4, 0.5) is 0 Å². The maximum Gasteiger partial charge on any atom is 0.168 e. The molecule has 2 rings (SSSR count). The molecule has 92 valence electrons. The summed E-state index contributed by atoms with van der Waals surface area (Å²) in [6.45, 7) is 4.38. The second-order valence-electron chi connectivity index (χ2n) is 3.84. The molecule has 0 fully saturated rings. The third-order valence-electron chi connectivity index (χ3n) is 2.40. The Morgan fingerprint density at radius 2 is 2.11 bits per heavy atom. The Kier molecular flexibility index (Phi) is 3.67. The number of nitrogens with zero attached hydrogens (tertiary/aromatic N) is 2. The van der Waals surface area contributed by atoms with Crippen molar-refractivity contribution >= 4 is 6.29 Å². The van der Waals surface area contributed by atoms with E-state index in [2.05, 4.69) is 9.97 Å². The second kappa shape index (κ2) is 5.40. The summed E-state index contributed by atoms with van der Waals surface area (Å²) in [6, 6.07) is 9.18. The minimum Gasteiger partial charge on any atom is -0.494 e. The monoisotopic (exact) mass is 242 g/mol. The van der Waals surface area contributed by atoms with Crippen molar-refractivity contribution in [1.29, 1.82) is 0 Å². The minimum atomic E-state index is 0.388. The Morgan fingerprint density at radius 3 is 2.83 bits per heavy atom. The molecule has 4 heteroatoms. The van der Waals surface area contributed by atoms with Gasteiger partial charge < -0.3 is 4.74 Å². The van der Waals surface area contributed by atoms with Crippen LogP contribution < -0.4 is 4.74 Å². The molecule has 1 aromatic heterocycles. The number of hydrogen-bond acceptors (Lipinski definition) is 4. The predicted octanol–water partition coefficient (Wildman–Crippen LogP) is 2.66. The van der Waals surface area contributed by atoms with E-state index in [0.29, 0.717) is 18.1 Å². The van der Waals surface area contributed by atoms with Crippen LogP contribution in [-0.2, 0) is 0 Å². The molecule has 0 unspecified atom stereocenters. The van der Waals surface area contributed by atoms with Crippen molar-refractivity contribution in [2.24, 2.45) is 0 Å². The van der Waals surface area contributed by atoms with Gasteiger partial charge in [-0.25, -0.2) is 9.97 Å². The topological polar surface area (TPSA) is 52.1 Å². The summed E-state index contributed by atoms with van der Waals surface area (Å²) in [6.07, 6.45) is 0.727. The first kappa shape index (κ1) is 12.2. The molecule has 0 aliphatic carbocycles. The molecule has 2 aromatic rings. The molecule has 0 spiro atoms. The summed E-state index contributed by atoms with van der Waals surface area (Å²) < 4.78 is 5.43. The van der Waals surface area contributed by atoms with Crippen molar-refractivity contribution in [2.75, 3.05) is 6.61 Å². The van der Waals surface area contributed by atoms with Crippen LogP contribution >= 0.6 is 0 Å². The van der Waals surface area contributed by atoms with Crippen molar-refractivity contribution in [3.63, 3.8) is 0 Å². The van der Waals surface area contributed by atoms with Crippen LogP contribution in [0, 0.1) is 6.92 Å². The molecular weight excluding hydrogens is 228 g/mol. The van der Waals surface area contributed by atoms with E-state index in [1.807, 2.05) is 38.1 Å². The van der Waals surface area contributed by atoms with E-state index in [1.54, 1.807) is 6.07 Å². The van der Waals surface area contributed by atoms with Gasteiger partial charge >= 0.3 is 0 Å². The fourth-order valence-electron chi connectivity index (χ4n) is 1.67. The number of hydrogen-bond donors (Lipinski definition) is 0. The van der Waals surface area contributed by atoms with E-state index < -0.39 is 0 Å². The van der Waals surface area contributed by atoms with Crippen LogP contribution in [0.25, 0.3) is 11.4 Å². The highest BCUT2D eigenvalue weighted by molar-refractivity contribution is 5.73. The maximum absolute atomic E-state index is 10.8. The molecule has 1 heterocycles. The first-order chi connectivity index (χ1) is 8.72. The van der Waals surface area contributed by atoms with Crippen LogP contribution in [0.15, 0.2) is 30.3 Å². The molecule has 0 saturated carbocycles. The van der Waals surface area contributed by atoms with E-state index in [9.17, 15) is 4.79 Å². The SMILES string of the molecule is CCOc1cccc(-c2nc(C)cc(C=O)n2)c1. The van der Waals surface area contributed by atoms with Gasteiger partial charge in [-0.15, -0.1) is 0 Å². The smallest absolute Gasteiger partial charge is 0.168 e. The standard InChI is InChI=1S/C14H14N2O2/c1-3-18-13-6-4-5-11(8-13)14-15-10(2)7-12(9-17)16-14/h4-9H,3H2,1-2H3. The zero-order chi connectivity index (χ0) is 13.0. The highest BCUT2D eigenvalue weighted by Crippen LogP contribution is 2.21. The summed E-state index contributed by atoms with van der Waals surface area (Å²) in [5, 5.41) is 0. The molecule has 1 aromatic carbocycles. The number of aldehydes is 1. The van der Waals surface area contributed by atoms with E-state index in [0.717, 1.165) is 23.3 Å². The number of carbonyl (C=O) groups excluding carboxylic acids is 1. The van der Waals surface area contributed by atoms with E-state index in [4.69, 9.17) is 4.74 Å². The average Bonchev–Trinajstić information content (AvgIpc) is 2.39. The van der Waals surface area contributed by atoms with E-state index in [1.165, 1.54) is 0 Å². The Morgan fingerprint density at radius 1 is 1.28 bits per heavy atom. The fraction of sp³-hybridized carbons (Fsp3) is 0.214. The summed E-state index contributed by atoms with van der Waals surface area (Å²) >= 11 is 0. The molecule has 0 saturated heterocycles.